The lowest BCUT2D eigenvalue weighted by Gasteiger charge is -2.35. The van der Waals surface area contributed by atoms with Crippen molar-refractivity contribution in [1.82, 2.24) is 0 Å². The van der Waals surface area contributed by atoms with E-state index in [4.69, 9.17) is 5.73 Å². The molecule has 0 bridgehead atoms. The number of hydrogen-bond donors (Lipinski definition) is 1. The molecule has 0 aliphatic heterocycles. The molecule has 1 heteroatoms. The zero-order valence-corrected chi connectivity index (χ0v) is 9.59. The summed E-state index contributed by atoms with van der Waals surface area (Å²) in [5.41, 5.74) is 11.1. The number of rotatable bonds is 0. The Kier molecular flexibility index (Phi) is 1.79. The standard InChI is InChI=1S/C14H19N/c1-14(2)7-6-9-8-12(15)10-4-3-5-11(14)13(9)10/h3-5,9,12H,6-8,15H2,1-2H3/t9-,12-/m0/s1. The Balaban J connectivity index is 2.25. The average Bonchev–Trinajstić information content (AvgIpc) is 2.52. The Morgan fingerprint density at radius 3 is 2.93 bits per heavy atom. The maximum absolute atomic E-state index is 6.20. The quantitative estimate of drug-likeness (QED) is 0.685. The summed E-state index contributed by atoms with van der Waals surface area (Å²) in [7, 11) is 0. The Labute approximate surface area is 91.7 Å². The normalized spacial score (nSPS) is 31.4. The minimum absolute atomic E-state index is 0.291. The monoisotopic (exact) mass is 201 g/mol. The van der Waals surface area contributed by atoms with Crippen molar-refractivity contribution in [3.05, 3.63) is 34.9 Å². The van der Waals surface area contributed by atoms with Crippen molar-refractivity contribution < 1.29 is 0 Å². The summed E-state index contributed by atoms with van der Waals surface area (Å²) < 4.78 is 0. The van der Waals surface area contributed by atoms with Gasteiger partial charge in [0.2, 0.25) is 0 Å². The van der Waals surface area contributed by atoms with E-state index in [1.54, 1.807) is 11.1 Å². The summed E-state index contributed by atoms with van der Waals surface area (Å²) in [5.74, 6) is 0.749. The van der Waals surface area contributed by atoms with Gasteiger partial charge in [0.15, 0.2) is 0 Å². The van der Waals surface area contributed by atoms with Crippen LogP contribution in [0.3, 0.4) is 0 Å². The average molecular weight is 201 g/mol. The number of benzene rings is 1. The molecule has 80 valence electrons. The van der Waals surface area contributed by atoms with Gasteiger partial charge >= 0.3 is 0 Å². The van der Waals surface area contributed by atoms with Crippen LogP contribution >= 0.6 is 0 Å². The highest BCUT2D eigenvalue weighted by atomic mass is 14.7. The van der Waals surface area contributed by atoms with Crippen LogP contribution < -0.4 is 5.73 Å². The van der Waals surface area contributed by atoms with Crippen LogP contribution in [0, 0.1) is 0 Å². The fraction of sp³-hybridized carbons (Fsp3) is 0.571. The third-order valence-corrected chi connectivity index (χ3v) is 4.33. The van der Waals surface area contributed by atoms with Gasteiger partial charge in [-0.15, -0.1) is 0 Å². The second kappa shape index (κ2) is 2.85. The van der Waals surface area contributed by atoms with Crippen molar-refractivity contribution >= 4 is 0 Å². The predicted molar refractivity (Wildman–Crippen MR) is 63.0 cm³/mol. The van der Waals surface area contributed by atoms with E-state index in [1.165, 1.54) is 24.8 Å². The van der Waals surface area contributed by atoms with Crippen LogP contribution in [0.4, 0.5) is 0 Å². The molecule has 0 fully saturated rings. The van der Waals surface area contributed by atoms with Crippen molar-refractivity contribution in [2.75, 3.05) is 0 Å². The molecule has 1 nitrogen and oxygen atoms in total. The molecule has 0 heterocycles. The van der Waals surface area contributed by atoms with Gasteiger partial charge in [-0.1, -0.05) is 32.0 Å². The van der Waals surface area contributed by atoms with E-state index in [1.807, 2.05) is 0 Å². The van der Waals surface area contributed by atoms with Crippen LogP contribution in [0.5, 0.6) is 0 Å². The van der Waals surface area contributed by atoms with Gasteiger partial charge in [-0.05, 0) is 47.3 Å². The minimum Gasteiger partial charge on any atom is -0.324 e. The lowest BCUT2D eigenvalue weighted by molar-refractivity contribution is 0.389. The van der Waals surface area contributed by atoms with E-state index >= 15 is 0 Å². The maximum atomic E-state index is 6.20. The molecule has 0 unspecified atom stereocenters. The highest BCUT2D eigenvalue weighted by Gasteiger charge is 2.39. The van der Waals surface area contributed by atoms with Crippen molar-refractivity contribution in [1.29, 1.82) is 0 Å². The van der Waals surface area contributed by atoms with Crippen LogP contribution in [0.1, 0.15) is 61.8 Å². The Morgan fingerprint density at radius 1 is 1.33 bits per heavy atom. The molecule has 1 aromatic carbocycles. The molecule has 2 N–H and O–H groups in total. The molecule has 0 saturated heterocycles. The molecule has 3 rings (SSSR count). The Morgan fingerprint density at radius 2 is 2.13 bits per heavy atom. The van der Waals surface area contributed by atoms with Crippen LogP contribution in [0.25, 0.3) is 0 Å². The smallest absolute Gasteiger partial charge is 0.0303 e. The van der Waals surface area contributed by atoms with Gasteiger partial charge in [-0.25, -0.2) is 0 Å². The Hall–Kier alpha value is -0.820. The van der Waals surface area contributed by atoms with E-state index in [0.717, 1.165) is 5.92 Å². The molecular formula is C14H19N. The minimum atomic E-state index is 0.291. The van der Waals surface area contributed by atoms with E-state index in [2.05, 4.69) is 32.0 Å². The zero-order chi connectivity index (χ0) is 10.6. The molecule has 2 atom stereocenters. The second-order valence-electron chi connectivity index (χ2n) is 5.77. The molecule has 0 aromatic heterocycles. The van der Waals surface area contributed by atoms with E-state index < -0.39 is 0 Å². The van der Waals surface area contributed by atoms with Gasteiger partial charge in [-0.2, -0.15) is 0 Å². The van der Waals surface area contributed by atoms with Crippen LogP contribution in [0.2, 0.25) is 0 Å². The summed E-state index contributed by atoms with van der Waals surface area (Å²) in [6, 6.07) is 7.01. The molecule has 2 aliphatic rings. The van der Waals surface area contributed by atoms with Gasteiger partial charge in [0.05, 0.1) is 0 Å². The lowest BCUT2D eigenvalue weighted by Crippen LogP contribution is -2.25. The number of nitrogens with two attached hydrogens (primary N) is 1. The van der Waals surface area contributed by atoms with Crippen molar-refractivity contribution in [2.45, 2.75) is 50.5 Å². The lowest BCUT2D eigenvalue weighted by atomic mass is 9.69. The summed E-state index contributed by atoms with van der Waals surface area (Å²) >= 11 is 0. The first kappa shape index (κ1) is 9.41. The van der Waals surface area contributed by atoms with Crippen LogP contribution in [-0.4, -0.2) is 0 Å². The zero-order valence-electron chi connectivity index (χ0n) is 9.59. The third kappa shape index (κ3) is 1.19. The molecule has 0 saturated carbocycles. The highest BCUT2D eigenvalue weighted by Crippen LogP contribution is 2.51. The van der Waals surface area contributed by atoms with Gasteiger partial charge in [-0.3, -0.25) is 0 Å². The first-order valence-corrected chi connectivity index (χ1v) is 5.98. The van der Waals surface area contributed by atoms with Crippen molar-refractivity contribution in [3.63, 3.8) is 0 Å². The maximum Gasteiger partial charge on any atom is 0.0303 e. The molecule has 0 radical (unpaired) electrons. The first-order chi connectivity index (χ1) is 7.09. The number of hydrogen-bond acceptors (Lipinski definition) is 1. The van der Waals surface area contributed by atoms with Gasteiger partial charge in [0.25, 0.3) is 0 Å². The van der Waals surface area contributed by atoms with Crippen molar-refractivity contribution in [2.24, 2.45) is 5.73 Å². The van der Waals surface area contributed by atoms with Gasteiger partial charge < -0.3 is 5.73 Å². The van der Waals surface area contributed by atoms with Gasteiger partial charge in [0, 0.05) is 6.04 Å². The van der Waals surface area contributed by atoms with E-state index in [0.29, 0.717) is 11.5 Å². The van der Waals surface area contributed by atoms with Crippen LogP contribution in [0.15, 0.2) is 18.2 Å². The van der Waals surface area contributed by atoms with E-state index in [-0.39, 0.29) is 0 Å². The van der Waals surface area contributed by atoms with Crippen LogP contribution in [-0.2, 0) is 5.41 Å². The highest BCUT2D eigenvalue weighted by molar-refractivity contribution is 5.48. The van der Waals surface area contributed by atoms with Gasteiger partial charge in [0.1, 0.15) is 0 Å². The largest absolute Gasteiger partial charge is 0.324 e. The fourth-order valence-corrected chi connectivity index (χ4v) is 3.44. The topological polar surface area (TPSA) is 26.0 Å². The summed E-state index contributed by atoms with van der Waals surface area (Å²) in [5, 5.41) is 0. The molecule has 0 amide bonds. The SMILES string of the molecule is CC1(C)CC[C@H]2C[C@H](N)c3cccc1c32. The first-order valence-electron chi connectivity index (χ1n) is 5.98. The molecule has 1 aromatic rings. The second-order valence-corrected chi connectivity index (χ2v) is 5.77. The van der Waals surface area contributed by atoms with E-state index in [9.17, 15) is 0 Å². The summed E-state index contributed by atoms with van der Waals surface area (Å²) in [4.78, 5) is 0. The molecular weight excluding hydrogens is 182 g/mol. The van der Waals surface area contributed by atoms with Crippen molar-refractivity contribution in [3.8, 4) is 0 Å². The fourth-order valence-electron chi connectivity index (χ4n) is 3.44. The molecule has 15 heavy (non-hydrogen) atoms. The molecule has 0 spiro atoms. The molecule has 2 aliphatic carbocycles. The predicted octanol–water partition coefficient (Wildman–Crippen LogP) is 3.25. The third-order valence-electron chi connectivity index (χ3n) is 4.33. The Bertz CT molecular complexity index is 406. The summed E-state index contributed by atoms with van der Waals surface area (Å²) in [6.45, 7) is 4.73. The summed E-state index contributed by atoms with van der Waals surface area (Å²) in [6.07, 6.45) is 3.80.